The second kappa shape index (κ2) is 7.83. The van der Waals surface area contributed by atoms with Gasteiger partial charge in [-0.2, -0.15) is 9.61 Å². The number of nitrogens with zero attached hydrogens (tertiary/aromatic N) is 5. The lowest BCUT2D eigenvalue weighted by Gasteiger charge is -2.24. The molecule has 4 heterocycles. The van der Waals surface area contributed by atoms with Gasteiger partial charge in [0.15, 0.2) is 5.65 Å². The van der Waals surface area contributed by atoms with E-state index in [2.05, 4.69) is 37.9 Å². The third kappa shape index (κ3) is 3.39. The van der Waals surface area contributed by atoms with E-state index in [9.17, 15) is 4.21 Å². The normalized spacial score (nSPS) is 19.2. The van der Waals surface area contributed by atoms with Crippen LogP contribution in [0.1, 0.15) is 31.9 Å². The van der Waals surface area contributed by atoms with Gasteiger partial charge in [0.2, 0.25) is 0 Å². The summed E-state index contributed by atoms with van der Waals surface area (Å²) in [6.45, 7) is 5.28. The fraction of sp³-hybridized carbons (Fsp3) is 0.304. The Morgan fingerprint density at radius 2 is 2.06 bits per heavy atom. The second-order valence-corrected chi connectivity index (χ2v) is 12.2. The number of halogens is 1. The SMILES string of the molecule is C=S(=O)(C(C)C)N1CCC(c2nc3c(-c4cnc5ccccc5c4)cnn3c(N)c2Br)C1. The minimum absolute atomic E-state index is 0.00738. The molecule has 1 saturated heterocycles. The van der Waals surface area contributed by atoms with Gasteiger partial charge in [-0.1, -0.05) is 32.0 Å². The molecule has 0 aliphatic carbocycles. The predicted octanol–water partition coefficient (Wildman–Crippen LogP) is 4.12. The van der Waals surface area contributed by atoms with Crippen LogP contribution in [0.15, 0.2) is 47.2 Å². The lowest BCUT2D eigenvalue weighted by molar-refractivity contribution is 0.518. The van der Waals surface area contributed by atoms with Crippen LogP contribution >= 0.6 is 15.9 Å². The molecule has 1 aliphatic rings. The highest BCUT2D eigenvalue weighted by Crippen LogP contribution is 2.37. The Labute approximate surface area is 195 Å². The molecular formula is C23H25BrN6OS. The molecule has 2 atom stereocenters. The molecule has 9 heteroatoms. The fourth-order valence-electron chi connectivity index (χ4n) is 4.24. The molecule has 2 N–H and O–H groups in total. The number of fused-ring (bicyclic) bond motifs is 2. The van der Waals surface area contributed by atoms with Crippen LogP contribution < -0.4 is 5.73 Å². The molecule has 0 bridgehead atoms. The van der Waals surface area contributed by atoms with Crippen LogP contribution in [-0.4, -0.2) is 52.3 Å². The Morgan fingerprint density at radius 1 is 1.28 bits per heavy atom. The van der Waals surface area contributed by atoms with Crippen molar-refractivity contribution < 1.29 is 4.21 Å². The van der Waals surface area contributed by atoms with Crippen LogP contribution in [0, 0.1) is 0 Å². The molecule has 0 radical (unpaired) electrons. The minimum Gasteiger partial charge on any atom is -0.383 e. The van der Waals surface area contributed by atoms with E-state index in [-0.39, 0.29) is 11.2 Å². The molecule has 3 aromatic heterocycles. The molecule has 2 unspecified atom stereocenters. The zero-order valence-corrected chi connectivity index (χ0v) is 20.4. The summed E-state index contributed by atoms with van der Waals surface area (Å²) < 4.78 is 17.5. The average Bonchev–Trinajstić information content (AvgIpc) is 3.43. The Balaban J connectivity index is 1.59. The number of rotatable bonds is 4. The van der Waals surface area contributed by atoms with Gasteiger partial charge in [0.1, 0.15) is 5.82 Å². The van der Waals surface area contributed by atoms with E-state index in [1.165, 1.54) is 0 Å². The Morgan fingerprint density at radius 3 is 2.84 bits per heavy atom. The van der Waals surface area contributed by atoms with Gasteiger partial charge in [0.05, 0.1) is 21.9 Å². The summed E-state index contributed by atoms with van der Waals surface area (Å²) >= 11 is 3.64. The van der Waals surface area contributed by atoms with Gasteiger partial charge >= 0.3 is 0 Å². The van der Waals surface area contributed by atoms with Crippen LogP contribution in [0.2, 0.25) is 0 Å². The van der Waals surface area contributed by atoms with Crippen molar-refractivity contribution in [1.82, 2.24) is 23.9 Å². The van der Waals surface area contributed by atoms with Crippen molar-refractivity contribution >= 4 is 53.9 Å². The molecular weight excluding hydrogens is 488 g/mol. The second-order valence-electron chi connectivity index (χ2n) is 8.52. The first-order valence-corrected chi connectivity index (χ1v) is 13.1. The molecule has 1 fully saturated rings. The first-order chi connectivity index (χ1) is 15.3. The monoisotopic (exact) mass is 512 g/mol. The Kier molecular flexibility index (Phi) is 5.22. The molecule has 1 aromatic carbocycles. The zero-order valence-electron chi connectivity index (χ0n) is 18.0. The lowest BCUT2D eigenvalue weighted by Crippen LogP contribution is -2.34. The molecule has 32 heavy (non-hydrogen) atoms. The minimum atomic E-state index is -2.31. The number of nitrogen functional groups attached to an aromatic ring is 1. The number of pyridine rings is 1. The van der Waals surface area contributed by atoms with Gasteiger partial charge in [-0.25, -0.2) is 9.29 Å². The summed E-state index contributed by atoms with van der Waals surface area (Å²) in [4.78, 5) is 9.59. The summed E-state index contributed by atoms with van der Waals surface area (Å²) in [5.41, 5.74) is 10.8. The fourth-order valence-corrected chi connectivity index (χ4v) is 6.26. The molecule has 0 spiro atoms. The average molecular weight is 513 g/mol. The highest BCUT2D eigenvalue weighted by Gasteiger charge is 2.33. The summed E-state index contributed by atoms with van der Waals surface area (Å²) in [7, 11) is -2.31. The van der Waals surface area contributed by atoms with Crippen molar-refractivity contribution in [2.45, 2.75) is 31.4 Å². The molecule has 5 rings (SSSR count). The van der Waals surface area contributed by atoms with Gasteiger partial charge in [0.25, 0.3) is 0 Å². The molecule has 0 saturated carbocycles. The Bertz CT molecular complexity index is 1450. The van der Waals surface area contributed by atoms with Gasteiger partial charge in [-0.15, -0.1) is 0 Å². The third-order valence-electron chi connectivity index (χ3n) is 6.26. The Hall–Kier alpha value is -2.49. The largest absolute Gasteiger partial charge is 0.383 e. The van der Waals surface area contributed by atoms with Crippen LogP contribution in [-0.2, 0) is 9.71 Å². The van der Waals surface area contributed by atoms with Crippen molar-refractivity contribution in [3.05, 3.63) is 52.9 Å². The van der Waals surface area contributed by atoms with E-state index < -0.39 is 9.71 Å². The zero-order chi connectivity index (χ0) is 22.6. The number of hydrogen-bond donors (Lipinski definition) is 1. The predicted molar refractivity (Wildman–Crippen MR) is 135 cm³/mol. The molecule has 166 valence electrons. The van der Waals surface area contributed by atoms with E-state index in [4.69, 9.17) is 10.7 Å². The highest BCUT2D eigenvalue weighted by atomic mass is 79.9. The van der Waals surface area contributed by atoms with Crippen molar-refractivity contribution in [3.63, 3.8) is 0 Å². The molecule has 1 aliphatic heterocycles. The summed E-state index contributed by atoms with van der Waals surface area (Å²) in [5, 5.41) is 5.53. The number of anilines is 1. The van der Waals surface area contributed by atoms with Crippen LogP contribution in [0.3, 0.4) is 0 Å². The molecule has 0 amide bonds. The van der Waals surface area contributed by atoms with Crippen molar-refractivity contribution in [1.29, 1.82) is 0 Å². The number of para-hydroxylation sites is 1. The van der Waals surface area contributed by atoms with E-state index in [1.807, 2.05) is 48.6 Å². The van der Waals surface area contributed by atoms with Gasteiger partial charge in [-0.05, 0) is 40.4 Å². The summed E-state index contributed by atoms with van der Waals surface area (Å²) in [5.74, 6) is 4.63. The maximum Gasteiger partial charge on any atom is 0.165 e. The number of nitrogens with two attached hydrogens (primary N) is 1. The van der Waals surface area contributed by atoms with E-state index in [1.54, 1.807) is 10.7 Å². The van der Waals surface area contributed by atoms with E-state index >= 15 is 0 Å². The summed E-state index contributed by atoms with van der Waals surface area (Å²) in [6, 6.07) is 10.1. The number of benzene rings is 1. The maximum absolute atomic E-state index is 13.1. The standard InChI is InChI=1S/C23H25BrN6OS/c1-14(2)32(3,31)29-9-8-16(13-29)21-20(24)22(25)30-23(28-21)18(12-27-30)17-10-15-6-4-5-7-19(15)26-11-17/h4-7,10-12,14,16H,3,8-9,13,25H2,1-2H3. The first-order valence-electron chi connectivity index (χ1n) is 10.6. The van der Waals surface area contributed by atoms with Crippen molar-refractivity contribution in [2.24, 2.45) is 0 Å². The topological polar surface area (TPSA) is 89.4 Å². The van der Waals surface area contributed by atoms with Crippen molar-refractivity contribution in [3.8, 4) is 11.1 Å². The van der Waals surface area contributed by atoms with Gasteiger partial charge < -0.3 is 5.73 Å². The van der Waals surface area contributed by atoms with Crippen LogP contribution in [0.4, 0.5) is 5.82 Å². The highest BCUT2D eigenvalue weighted by molar-refractivity contribution is 9.10. The smallest absolute Gasteiger partial charge is 0.165 e. The maximum atomic E-state index is 13.1. The lowest BCUT2D eigenvalue weighted by atomic mass is 10.0. The molecule has 4 aromatic rings. The van der Waals surface area contributed by atoms with E-state index in [0.29, 0.717) is 18.0 Å². The van der Waals surface area contributed by atoms with Crippen LogP contribution in [0.5, 0.6) is 0 Å². The third-order valence-corrected chi connectivity index (χ3v) is 9.75. The van der Waals surface area contributed by atoms with Crippen molar-refractivity contribution in [2.75, 3.05) is 18.8 Å². The first kappa shape index (κ1) is 21.4. The van der Waals surface area contributed by atoms with Gasteiger partial charge in [0, 0.05) is 56.7 Å². The number of aromatic nitrogens is 4. The quantitative estimate of drug-likeness (QED) is 0.415. The van der Waals surface area contributed by atoms with E-state index in [0.717, 1.165) is 45.2 Å². The van der Waals surface area contributed by atoms with Crippen LogP contribution in [0.25, 0.3) is 27.7 Å². The number of hydrogen-bond acceptors (Lipinski definition) is 5. The summed E-state index contributed by atoms with van der Waals surface area (Å²) in [6.07, 6.45) is 4.47. The molecule has 7 nitrogen and oxygen atoms in total. The van der Waals surface area contributed by atoms with Gasteiger partial charge in [-0.3, -0.25) is 9.19 Å².